The summed E-state index contributed by atoms with van der Waals surface area (Å²) in [5.74, 6) is 0.219. The van der Waals surface area contributed by atoms with E-state index in [0.717, 1.165) is 12.1 Å². The van der Waals surface area contributed by atoms with Crippen molar-refractivity contribution in [2.24, 2.45) is 11.3 Å². The summed E-state index contributed by atoms with van der Waals surface area (Å²) in [5, 5.41) is 2.95. The standard InChI is InChI=1S/C17H24N2O2/c1-5-14(20)15(17(2,3)4)19-16(21)12-10-11(12)13-8-6-7-9-18-13/h6-9,11-12,15H,5,10H2,1-4H3,(H,19,21). The molecule has 4 heteroatoms. The zero-order valence-electron chi connectivity index (χ0n) is 13.2. The minimum atomic E-state index is -0.417. The van der Waals surface area contributed by atoms with Crippen molar-refractivity contribution in [1.82, 2.24) is 10.3 Å². The lowest BCUT2D eigenvalue weighted by Gasteiger charge is -2.30. The second-order valence-electron chi connectivity index (χ2n) is 6.83. The third kappa shape index (κ3) is 3.69. The van der Waals surface area contributed by atoms with Gasteiger partial charge in [0.2, 0.25) is 5.91 Å². The Hall–Kier alpha value is -1.71. The monoisotopic (exact) mass is 288 g/mol. The van der Waals surface area contributed by atoms with Gasteiger partial charge in [0, 0.05) is 30.1 Å². The Kier molecular flexibility index (Phi) is 4.45. The van der Waals surface area contributed by atoms with Gasteiger partial charge in [-0.1, -0.05) is 33.8 Å². The lowest BCUT2D eigenvalue weighted by molar-refractivity contribution is -0.130. The van der Waals surface area contributed by atoms with Gasteiger partial charge in [-0.2, -0.15) is 0 Å². The number of aromatic nitrogens is 1. The molecule has 1 N–H and O–H groups in total. The fourth-order valence-corrected chi connectivity index (χ4v) is 2.64. The van der Waals surface area contributed by atoms with Crippen molar-refractivity contribution in [2.75, 3.05) is 0 Å². The molecule has 0 aliphatic heterocycles. The van der Waals surface area contributed by atoms with E-state index in [1.54, 1.807) is 6.20 Å². The van der Waals surface area contributed by atoms with Gasteiger partial charge in [-0.15, -0.1) is 0 Å². The van der Waals surface area contributed by atoms with Crippen molar-refractivity contribution >= 4 is 11.7 Å². The van der Waals surface area contributed by atoms with Crippen LogP contribution in [0, 0.1) is 11.3 Å². The predicted molar refractivity (Wildman–Crippen MR) is 81.8 cm³/mol. The molecule has 1 fully saturated rings. The van der Waals surface area contributed by atoms with Crippen molar-refractivity contribution in [2.45, 2.75) is 52.5 Å². The molecule has 0 bridgehead atoms. The number of Topliss-reactive ketones (excluding diaryl/α,β-unsaturated/α-hetero) is 1. The van der Waals surface area contributed by atoms with Crippen LogP contribution in [0.5, 0.6) is 0 Å². The molecule has 3 unspecified atom stereocenters. The summed E-state index contributed by atoms with van der Waals surface area (Å²) in [4.78, 5) is 28.7. The number of ketones is 1. The second-order valence-corrected chi connectivity index (χ2v) is 6.83. The smallest absolute Gasteiger partial charge is 0.224 e. The first-order valence-corrected chi connectivity index (χ1v) is 7.58. The molecule has 1 aromatic heterocycles. The Labute approximate surface area is 126 Å². The third-order valence-corrected chi connectivity index (χ3v) is 4.02. The topological polar surface area (TPSA) is 59.1 Å². The number of carbonyl (C=O) groups excluding carboxylic acids is 2. The first-order chi connectivity index (χ1) is 9.84. The van der Waals surface area contributed by atoms with Crippen LogP contribution in [0.25, 0.3) is 0 Å². The van der Waals surface area contributed by atoms with E-state index in [1.807, 2.05) is 45.9 Å². The molecule has 1 aliphatic rings. The molecule has 1 aliphatic carbocycles. The fourth-order valence-electron chi connectivity index (χ4n) is 2.64. The summed E-state index contributed by atoms with van der Waals surface area (Å²) in [6.07, 6.45) is 3.01. The molecule has 0 spiro atoms. The lowest BCUT2D eigenvalue weighted by atomic mass is 9.83. The molecule has 4 nitrogen and oxygen atoms in total. The number of rotatable bonds is 5. The molecule has 1 heterocycles. The van der Waals surface area contributed by atoms with E-state index >= 15 is 0 Å². The van der Waals surface area contributed by atoms with Crippen LogP contribution < -0.4 is 5.32 Å². The molecule has 1 amide bonds. The summed E-state index contributed by atoms with van der Waals surface area (Å²) in [5.41, 5.74) is 0.699. The highest BCUT2D eigenvalue weighted by molar-refractivity contribution is 5.91. The van der Waals surface area contributed by atoms with Crippen LogP contribution in [0.1, 0.15) is 52.1 Å². The number of amides is 1. The number of hydrogen-bond donors (Lipinski definition) is 1. The van der Waals surface area contributed by atoms with E-state index in [4.69, 9.17) is 0 Å². The molecule has 1 saturated carbocycles. The fraction of sp³-hybridized carbons (Fsp3) is 0.588. The number of nitrogens with one attached hydrogen (secondary N) is 1. The van der Waals surface area contributed by atoms with Gasteiger partial charge in [0.1, 0.15) is 0 Å². The molecule has 0 radical (unpaired) electrons. The van der Waals surface area contributed by atoms with Crippen molar-refractivity contribution in [3.63, 3.8) is 0 Å². The number of nitrogens with zero attached hydrogens (tertiary/aromatic N) is 1. The average Bonchev–Trinajstić information content (AvgIpc) is 3.24. The van der Waals surface area contributed by atoms with Gasteiger partial charge in [-0.25, -0.2) is 0 Å². The molecule has 2 rings (SSSR count). The van der Waals surface area contributed by atoms with Crippen LogP contribution in [-0.2, 0) is 9.59 Å². The highest BCUT2D eigenvalue weighted by Crippen LogP contribution is 2.46. The van der Waals surface area contributed by atoms with Crippen LogP contribution in [-0.4, -0.2) is 22.7 Å². The van der Waals surface area contributed by atoms with Gasteiger partial charge in [0.25, 0.3) is 0 Å². The number of pyridine rings is 1. The summed E-state index contributed by atoms with van der Waals surface area (Å²) in [7, 11) is 0. The molecule has 114 valence electrons. The Balaban J connectivity index is 2.00. The van der Waals surface area contributed by atoms with Crippen molar-refractivity contribution < 1.29 is 9.59 Å². The SMILES string of the molecule is CCC(=O)C(NC(=O)C1CC1c1ccccn1)C(C)(C)C. The van der Waals surface area contributed by atoms with E-state index in [1.165, 1.54) is 0 Å². The zero-order valence-corrected chi connectivity index (χ0v) is 13.2. The van der Waals surface area contributed by atoms with Crippen LogP contribution in [0.15, 0.2) is 24.4 Å². The van der Waals surface area contributed by atoms with Crippen molar-refractivity contribution in [3.05, 3.63) is 30.1 Å². The molecule has 21 heavy (non-hydrogen) atoms. The van der Waals surface area contributed by atoms with Gasteiger partial charge < -0.3 is 5.32 Å². The van der Waals surface area contributed by atoms with Crippen LogP contribution in [0.2, 0.25) is 0 Å². The molecular weight excluding hydrogens is 264 g/mol. The highest BCUT2D eigenvalue weighted by Gasteiger charge is 2.46. The molecule has 3 atom stereocenters. The summed E-state index contributed by atoms with van der Waals surface area (Å²) >= 11 is 0. The van der Waals surface area contributed by atoms with Gasteiger partial charge in [0.15, 0.2) is 5.78 Å². The largest absolute Gasteiger partial charge is 0.346 e. The maximum atomic E-state index is 12.4. The van der Waals surface area contributed by atoms with E-state index in [-0.39, 0.29) is 28.9 Å². The van der Waals surface area contributed by atoms with Gasteiger partial charge >= 0.3 is 0 Å². The third-order valence-electron chi connectivity index (χ3n) is 4.02. The quantitative estimate of drug-likeness (QED) is 0.906. The maximum absolute atomic E-state index is 12.4. The predicted octanol–water partition coefficient (Wildman–Crippen LogP) is 2.70. The Morgan fingerprint density at radius 1 is 1.38 bits per heavy atom. The zero-order chi connectivity index (χ0) is 15.6. The van der Waals surface area contributed by atoms with Crippen LogP contribution in [0.3, 0.4) is 0 Å². The maximum Gasteiger partial charge on any atom is 0.224 e. The molecule has 0 saturated heterocycles. The molecule has 1 aromatic rings. The molecular formula is C17H24N2O2. The Bertz CT molecular complexity index is 519. The van der Waals surface area contributed by atoms with E-state index in [0.29, 0.717) is 6.42 Å². The summed E-state index contributed by atoms with van der Waals surface area (Å²) in [6.45, 7) is 7.78. The second kappa shape index (κ2) is 5.96. The van der Waals surface area contributed by atoms with Crippen LogP contribution in [0.4, 0.5) is 0 Å². The van der Waals surface area contributed by atoms with Crippen molar-refractivity contribution in [1.29, 1.82) is 0 Å². The number of carbonyl (C=O) groups is 2. The van der Waals surface area contributed by atoms with E-state index in [9.17, 15) is 9.59 Å². The summed E-state index contributed by atoms with van der Waals surface area (Å²) < 4.78 is 0. The Morgan fingerprint density at radius 3 is 2.62 bits per heavy atom. The average molecular weight is 288 g/mol. The Morgan fingerprint density at radius 2 is 2.10 bits per heavy atom. The lowest BCUT2D eigenvalue weighted by Crippen LogP contribution is -2.49. The van der Waals surface area contributed by atoms with E-state index < -0.39 is 6.04 Å². The van der Waals surface area contributed by atoms with E-state index in [2.05, 4.69) is 10.3 Å². The summed E-state index contributed by atoms with van der Waals surface area (Å²) in [6, 6.07) is 5.35. The minimum absolute atomic E-state index is 0.0209. The van der Waals surface area contributed by atoms with Crippen LogP contribution >= 0.6 is 0 Å². The van der Waals surface area contributed by atoms with Gasteiger partial charge in [-0.3, -0.25) is 14.6 Å². The normalized spacial score (nSPS) is 22.5. The van der Waals surface area contributed by atoms with Gasteiger partial charge in [-0.05, 0) is 24.0 Å². The first-order valence-electron chi connectivity index (χ1n) is 7.58. The number of hydrogen-bond acceptors (Lipinski definition) is 3. The first kappa shape index (κ1) is 15.7. The minimum Gasteiger partial charge on any atom is -0.346 e. The van der Waals surface area contributed by atoms with Gasteiger partial charge in [0.05, 0.1) is 6.04 Å². The van der Waals surface area contributed by atoms with Crippen molar-refractivity contribution in [3.8, 4) is 0 Å². The molecule has 0 aromatic carbocycles. The highest BCUT2D eigenvalue weighted by atomic mass is 16.2.